The monoisotopic (exact) mass is 206 g/mol. The van der Waals surface area contributed by atoms with Crippen LogP contribution in [0, 0.1) is 0 Å². The predicted octanol–water partition coefficient (Wildman–Crippen LogP) is -0.960. The largest absolute Gasteiger partial charge is 0.398 e. The highest BCUT2D eigenvalue weighted by molar-refractivity contribution is 7.87. The Bertz CT molecular complexity index is 308. The van der Waals surface area contributed by atoms with Gasteiger partial charge in [-0.05, 0) is 6.92 Å². The van der Waals surface area contributed by atoms with E-state index in [0.717, 1.165) is 6.92 Å². The van der Waals surface area contributed by atoms with Gasteiger partial charge in [-0.3, -0.25) is 9.11 Å². The third-order valence-electron chi connectivity index (χ3n) is 0.677. The molecule has 1 unspecified atom stereocenters. The molecule has 2 N–H and O–H groups in total. The first-order valence-electron chi connectivity index (χ1n) is 2.25. The van der Waals surface area contributed by atoms with Crippen LogP contribution in [-0.4, -0.2) is 31.4 Å². The topological polar surface area (TPSA) is 118 Å². The second-order valence-electron chi connectivity index (χ2n) is 1.61. The molecule has 0 fully saturated rings. The fraction of sp³-hybridized carbons (Fsp3) is 1.00. The van der Waals surface area contributed by atoms with E-state index in [0.29, 0.717) is 0 Å². The highest BCUT2D eigenvalue weighted by Gasteiger charge is 2.23. The second kappa shape index (κ2) is 3.03. The molecule has 0 aromatic heterocycles. The van der Waals surface area contributed by atoms with Gasteiger partial charge in [-0.15, -0.1) is 0 Å². The second-order valence-corrected chi connectivity index (χ2v) is 4.35. The van der Waals surface area contributed by atoms with Crippen molar-refractivity contribution in [3.8, 4) is 0 Å². The predicted molar refractivity (Wildman–Crippen MR) is 33.6 cm³/mol. The van der Waals surface area contributed by atoms with Crippen LogP contribution < -0.4 is 0 Å². The van der Waals surface area contributed by atoms with Crippen LogP contribution in [0.2, 0.25) is 0 Å². The zero-order valence-electron chi connectivity index (χ0n) is 5.33. The molecule has 9 heteroatoms. The molecule has 11 heavy (non-hydrogen) atoms. The van der Waals surface area contributed by atoms with Crippen LogP contribution in [0.15, 0.2) is 0 Å². The van der Waals surface area contributed by atoms with Gasteiger partial charge in [0.2, 0.25) is 5.44 Å². The van der Waals surface area contributed by atoms with Crippen molar-refractivity contribution in [2.45, 2.75) is 12.4 Å². The number of rotatable bonds is 3. The molecule has 0 amide bonds. The van der Waals surface area contributed by atoms with E-state index in [-0.39, 0.29) is 0 Å². The minimum absolute atomic E-state index is 0.753. The summed E-state index contributed by atoms with van der Waals surface area (Å²) in [5.74, 6) is 0. The van der Waals surface area contributed by atoms with E-state index < -0.39 is 26.0 Å². The van der Waals surface area contributed by atoms with Crippen molar-refractivity contribution in [2.75, 3.05) is 0 Å². The maximum Gasteiger partial charge on any atom is 0.398 e. The summed E-state index contributed by atoms with van der Waals surface area (Å²) in [5, 5.41) is 0. The molecule has 7 nitrogen and oxygen atoms in total. The van der Waals surface area contributed by atoms with Gasteiger partial charge in [-0.25, -0.2) is 4.18 Å². The lowest BCUT2D eigenvalue weighted by Gasteiger charge is -2.04. The highest BCUT2D eigenvalue weighted by atomic mass is 32.3. The molecule has 0 saturated heterocycles. The molecule has 0 rings (SSSR count). The third kappa shape index (κ3) is 5.09. The highest BCUT2D eigenvalue weighted by Crippen LogP contribution is 2.02. The molecule has 0 aliphatic heterocycles. The standard InChI is InChI=1S/C2H6O7S2/c1-2(10(3,4)5)9-11(6,7)8/h2H,1H3,(H,3,4,5)(H,6,7,8). The van der Waals surface area contributed by atoms with Crippen molar-refractivity contribution in [3.05, 3.63) is 0 Å². The van der Waals surface area contributed by atoms with Crippen molar-refractivity contribution >= 4 is 20.5 Å². The van der Waals surface area contributed by atoms with Gasteiger partial charge in [0.15, 0.2) is 0 Å². The van der Waals surface area contributed by atoms with E-state index in [1.54, 1.807) is 0 Å². The Hall–Kier alpha value is -0.220. The normalized spacial score (nSPS) is 16.3. The summed E-state index contributed by atoms with van der Waals surface area (Å²) >= 11 is 0. The zero-order valence-corrected chi connectivity index (χ0v) is 6.96. The van der Waals surface area contributed by atoms with E-state index >= 15 is 0 Å². The lowest BCUT2D eigenvalue weighted by Crippen LogP contribution is -2.23. The average molecular weight is 206 g/mol. The van der Waals surface area contributed by atoms with Gasteiger partial charge < -0.3 is 0 Å². The SMILES string of the molecule is CC(OS(=O)(=O)O)S(=O)(=O)O. The van der Waals surface area contributed by atoms with Crippen molar-refractivity contribution in [1.29, 1.82) is 0 Å². The molecular weight excluding hydrogens is 200 g/mol. The Balaban J connectivity index is 4.47. The van der Waals surface area contributed by atoms with E-state index in [9.17, 15) is 16.8 Å². The first-order valence-corrected chi connectivity index (χ1v) is 5.12. The summed E-state index contributed by atoms with van der Waals surface area (Å²) in [6, 6.07) is 0. The molecule has 0 heterocycles. The molecule has 0 bridgehead atoms. The Morgan fingerprint density at radius 2 is 1.55 bits per heavy atom. The summed E-state index contributed by atoms with van der Waals surface area (Å²) in [4.78, 5) is 0. The van der Waals surface area contributed by atoms with E-state index in [1.807, 2.05) is 0 Å². The minimum atomic E-state index is -4.85. The van der Waals surface area contributed by atoms with Crippen LogP contribution >= 0.6 is 0 Å². The summed E-state index contributed by atoms with van der Waals surface area (Å²) < 4.78 is 59.4. The molecule has 0 radical (unpaired) electrons. The van der Waals surface area contributed by atoms with Gasteiger partial charge >= 0.3 is 10.4 Å². The van der Waals surface area contributed by atoms with Crippen LogP contribution in [0.5, 0.6) is 0 Å². The molecular formula is C2H6O7S2. The van der Waals surface area contributed by atoms with Crippen molar-refractivity contribution in [1.82, 2.24) is 0 Å². The molecule has 0 saturated carbocycles. The number of hydrogen-bond donors (Lipinski definition) is 2. The van der Waals surface area contributed by atoms with Crippen LogP contribution in [0.4, 0.5) is 0 Å². The van der Waals surface area contributed by atoms with E-state index in [2.05, 4.69) is 4.18 Å². The van der Waals surface area contributed by atoms with Crippen molar-refractivity contribution in [3.63, 3.8) is 0 Å². The average Bonchev–Trinajstić information content (AvgIpc) is 1.56. The molecule has 0 aromatic carbocycles. The Labute approximate surface area is 63.7 Å². The van der Waals surface area contributed by atoms with E-state index in [1.165, 1.54) is 0 Å². The molecule has 0 spiro atoms. The molecule has 1 atom stereocenters. The molecule has 0 aliphatic carbocycles. The van der Waals surface area contributed by atoms with Gasteiger partial charge in [0.25, 0.3) is 10.1 Å². The van der Waals surface area contributed by atoms with Crippen LogP contribution in [0.3, 0.4) is 0 Å². The van der Waals surface area contributed by atoms with Crippen LogP contribution in [0.25, 0.3) is 0 Å². The summed E-state index contributed by atoms with van der Waals surface area (Å²) in [5.41, 5.74) is -2.00. The smallest absolute Gasteiger partial charge is 0.284 e. The Morgan fingerprint density at radius 1 is 1.18 bits per heavy atom. The fourth-order valence-corrected chi connectivity index (χ4v) is 1.26. The summed E-state index contributed by atoms with van der Waals surface area (Å²) in [6.07, 6.45) is 0. The zero-order chi connectivity index (χ0) is 9.28. The lowest BCUT2D eigenvalue weighted by molar-refractivity contribution is 0.240. The van der Waals surface area contributed by atoms with Gasteiger partial charge in [-0.2, -0.15) is 16.8 Å². The Morgan fingerprint density at radius 3 is 1.64 bits per heavy atom. The fourth-order valence-electron chi connectivity index (χ4n) is 0.221. The first-order chi connectivity index (χ1) is 4.63. The van der Waals surface area contributed by atoms with Gasteiger partial charge in [-0.1, -0.05) is 0 Å². The number of hydrogen-bond acceptors (Lipinski definition) is 5. The summed E-state index contributed by atoms with van der Waals surface area (Å²) in [6.45, 7) is 0.753. The third-order valence-corrected chi connectivity index (χ3v) is 2.27. The molecule has 0 aromatic rings. The first kappa shape index (κ1) is 10.8. The van der Waals surface area contributed by atoms with Crippen LogP contribution in [-0.2, 0) is 24.7 Å². The minimum Gasteiger partial charge on any atom is -0.284 e. The lowest BCUT2D eigenvalue weighted by atomic mass is 10.9. The molecule has 68 valence electrons. The van der Waals surface area contributed by atoms with Crippen molar-refractivity contribution in [2.24, 2.45) is 0 Å². The quantitative estimate of drug-likeness (QED) is 0.571. The van der Waals surface area contributed by atoms with Crippen LogP contribution in [0.1, 0.15) is 6.92 Å². The van der Waals surface area contributed by atoms with Gasteiger partial charge in [0.1, 0.15) is 0 Å². The molecule has 0 aliphatic rings. The van der Waals surface area contributed by atoms with E-state index in [4.69, 9.17) is 9.11 Å². The summed E-state index contributed by atoms with van der Waals surface area (Å²) in [7, 11) is -9.44. The maximum atomic E-state index is 10.1. The van der Waals surface area contributed by atoms with Crippen molar-refractivity contribution < 1.29 is 30.1 Å². The Kier molecular flexibility index (Phi) is 2.97. The maximum absolute atomic E-state index is 10.1. The van der Waals surface area contributed by atoms with Gasteiger partial charge in [0.05, 0.1) is 0 Å². The van der Waals surface area contributed by atoms with Gasteiger partial charge in [0, 0.05) is 0 Å².